The maximum atomic E-state index is 13.3. The van der Waals surface area contributed by atoms with E-state index in [0.717, 1.165) is 15.7 Å². The summed E-state index contributed by atoms with van der Waals surface area (Å²) in [6, 6.07) is 5.81. The van der Waals surface area contributed by atoms with Crippen molar-refractivity contribution in [3.05, 3.63) is 56.5 Å². The molecule has 1 atom stereocenters. The molecule has 0 bridgehead atoms. The van der Waals surface area contributed by atoms with Crippen molar-refractivity contribution in [3.8, 4) is 5.75 Å². The number of hydrogen-bond donors (Lipinski definition) is 1. The van der Waals surface area contributed by atoms with Gasteiger partial charge in [0.1, 0.15) is 18.5 Å². The Labute approximate surface area is 188 Å². The summed E-state index contributed by atoms with van der Waals surface area (Å²) >= 11 is 0. The quantitative estimate of drug-likeness (QED) is 0.550. The highest BCUT2D eigenvalue weighted by atomic mass is 16.5. The van der Waals surface area contributed by atoms with Crippen molar-refractivity contribution < 1.29 is 9.84 Å². The molecule has 0 saturated carbocycles. The molecule has 0 fully saturated rings. The monoisotopic (exact) mass is 442 g/mol. The predicted octanol–water partition coefficient (Wildman–Crippen LogP) is 2.73. The summed E-state index contributed by atoms with van der Waals surface area (Å²) in [5.74, 6) is 1.15. The predicted molar refractivity (Wildman–Crippen MR) is 125 cm³/mol. The molecule has 3 rings (SSSR count). The molecule has 2 heterocycles. The molecule has 174 valence electrons. The first-order valence-electron chi connectivity index (χ1n) is 11.1. The number of aliphatic hydroxyl groups excluding tert-OH is 1. The van der Waals surface area contributed by atoms with Gasteiger partial charge >= 0.3 is 5.69 Å². The molecule has 2 aromatic heterocycles. The van der Waals surface area contributed by atoms with Gasteiger partial charge < -0.3 is 14.4 Å². The summed E-state index contributed by atoms with van der Waals surface area (Å²) in [5.41, 5.74) is 2.01. The van der Waals surface area contributed by atoms with Gasteiger partial charge in [0.25, 0.3) is 5.56 Å². The number of rotatable bonds is 9. The first-order chi connectivity index (χ1) is 15.1. The minimum atomic E-state index is -1.02. The number of aliphatic hydroxyl groups is 1. The Balaban J connectivity index is 1.95. The van der Waals surface area contributed by atoms with E-state index in [0.29, 0.717) is 35.9 Å². The summed E-state index contributed by atoms with van der Waals surface area (Å²) < 4.78 is 10.2. The molecule has 0 spiro atoms. The van der Waals surface area contributed by atoms with Crippen LogP contribution in [-0.2, 0) is 19.6 Å². The molecule has 0 aliphatic carbocycles. The second-order valence-electron chi connectivity index (χ2n) is 9.45. The first kappa shape index (κ1) is 23.8. The van der Waals surface area contributed by atoms with Crippen molar-refractivity contribution in [1.82, 2.24) is 18.7 Å². The van der Waals surface area contributed by atoms with E-state index in [2.05, 4.69) is 18.8 Å². The lowest BCUT2D eigenvalue weighted by atomic mass is 10.1. The largest absolute Gasteiger partial charge is 0.491 e. The van der Waals surface area contributed by atoms with Gasteiger partial charge in [0.15, 0.2) is 11.2 Å². The molecule has 8 nitrogen and oxygen atoms in total. The number of benzene rings is 1. The zero-order valence-corrected chi connectivity index (χ0v) is 19.8. The third-order valence-electron chi connectivity index (χ3n) is 5.12. The summed E-state index contributed by atoms with van der Waals surface area (Å²) in [7, 11) is 0. The van der Waals surface area contributed by atoms with E-state index in [1.54, 1.807) is 10.9 Å². The van der Waals surface area contributed by atoms with E-state index in [-0.39, 0.29) is 19.1 Å². The zero-order chi connectivity index (χ0) is 23.6. The Morgan fingerprint density at radius 1 is 0.938 bits per heavy atom. The third kappa shape index (κ3) is 5.30. The normalized spacial score (nSPS) is 12.8. The van der Waals surface area contributed by atoms with Crippen molar-refractivity contribution in [1.29, 1.82) is 0 Å². The van der Waals surface area contributed by atoms with E-state index in [1.165, 1.54) is 4.57 Å². The summed E-state index contributed by atoms with van der Waals surface area (Å²) in [5, 5.41) is 10.6. The van der Waals surface area contributed by atoms with Crippen molar-refractivity contribution >= 4 is 11.2 Å². The Hall–Kier alpha value is -2.87. The summed E-state index contributed by atoms with van der Waals surface area (Å²) in [6.07, 6.45) is 0.597. The number of ether oxygens (including phenoxy) is 1. The second kappa shape index (κ2) is 9.73. The average Bonchev–Trinajstić information content (AvgIpc) is 3.09. The van der Waals surface area contributed by atoms with E-state index in [1.807, 2.05) is 45.9 Å². The highest BCUT2D eigenvalue weighted by molar-refractivity contribution is 5.70. The number of aromatic nitrogens is 4. The van der Waals surface area contributed by atoms with Gasteiger partial charge in [-0.25, -0.2) is 9.78 Å². The van der Waals surface area contributed by atoms with Gasteiger partial charge in [0.2, 0.25) is 0 Å². The molecule has 0 aliphatic rings. The Morgan fingerprint density at radius 2 is 1.56 bits per heavy atom. The first-order valence-corrected chi connectivity index (χ1v) is 11.1. The lowest BCUT2D eigenvalue weighted by Crippen LogP contribution is -2.44. The van der Waals surface area contributed by atoms with Crippen LogP contribution >= 0.6 is 0 Å². The molecule has 8 heteroatoms. The van der Waals surface area contributed by atoms with E-state index in [4.69, 9.17) is 4.74 Å². The highest BCUT2D eigenvalue weighted by Crippen LogP contribution is 2.16. The van der Waals surface area contributed by atoms with Gasteiger partial charge in [0.05, 0.1) is 12.9 Å². The minimum Gasteiger partial charge on any atom is -0.491 e. The van der Waals surface area contributed by atoms with Crippen LogP contribution < -0.4 is 16.0 Å². The molecule has 32 heavy (non-hydrogen) atoms. The number of hydrogen-bond acceptors (Lipinski definition) is 5. The fourth-order valence-corrected chi connectivity index (χ4v) is 3.93. The molecule has 1 N–H and O–H groups in total. The number of aryl methyl sites for hydroxylation is 2. The highest BCUT2D eigenvalue weighted by Gasteiger charge is 2.21. The van der Waals surface area contributed by atoms with Crippen LogP contribution in [0.2, 0.25) is 0 Å². The molecule has 0 saturated heterocycles. The molecule has 0 radical (unpaired) electrons. The van der Waals surface area contributed by atoms with Crippen LogP contribution in [0.1, 0.15) is 38.8 Å². The lowest BCUT2D eigenvalue weighted by Gasteiger charge is -2.17. The van der Waals surface area contributed by atoms with Crippen LogP contribution in [0.25, 0.3) is 11.2 Å². The minimum absolute atomic E-state index is 0.0255. The molecule has 3 aromatic rings. The zero-order valence-electron chi connectivity index (χ0n) is 19.8. The molecule has 0 amide bonds. The number of nitrogens with zero attached hydrogens (tertiary/aromatic N) is 4. The Kier molecular flexibility index (Phi) is 7.23. The van der Waals surface area contributed by atoms with E-state index in [9.17, 15) is 14.7 Å². The summed E-state index contributed by atoms with van der Waals surface area (Å²) in [4.78, 5) is 30.9. The van der Waals surface area contributed by atoms with Crippen LogP contribution in [0.4, 0.5) is 0 Å². The van der Waals surface area contributed by atoms with Crippen molar-refractivity contribution in [2.75, 3.05) is 6.61 Å². The topological polar surface area (TPSA) is 91.3 Å². The molecular formula is C24H34N4O4. The fraction of sp³-hybridized carbons (Fsp3) is 0.542. The van der Waals surface area contributed by atoms with Crippen molar-refractivity contribution in [3.63, 3.8) is 0 Å². The maximum Gasteiger partial charge on any atom is 0.332 e. The van der Waals surface area contributed by atoms with Crippen LogP contribution in [0, 0.1) is 25.7 Å². The smallest absolute Gasteiger partial charge is 0.332 e. The van der Waals surface area contributed by atoms with Crippen LogP contribution in [0.3, 0.4) is 0 Å². The van der Waals surface area contributed by atoms with Crippen molar-refractivity contribution in [2.24, 2.45) is 11.8 Å². The van der Waals surface area contributed by atoms with Crippen molar-refractivity contribution in [2.45, 2.75) is 67.3 Å². The third-order valence-corrected chi connectivity index (χ3v) is 5.12. The Morgan fingerprint density at radius 3 is 2.16 bits per heavy atom. The van der Waals surface area contributed by atoms with Gasteiger partial charge in [-0.05, 0) is 48.9 Å². The van der Waals surface area contributed by atoms with Gasteiger partial charge in [0, 0.05) is 13.1 Å². The van der Waals surface area contributed by atoms with Gasteiger partial charge in [-0.2, -0.15) is 0 Å². The van der Waals surface area contributed by atoms with Crippen LogP contribution in [0.15, 0.2) is 34.1 Å². The average molecular weight is 443 g/mol. The Bertz CT molecular complexity index is 1180. The summed E-state index contributed by atoms with van der Waals surface area (Å²) in [6.45, 7) is 13.0. The van der Waals surface area contributed by atoms with E-state index >= 15 is 0 Å². The number of fused-ring (bicyclic) bond motifs is 1. The van der Waals surface area contributed by atoms with Crippen LogP contribution in [0.5, 0.6) is 5.75 Å². The standard InChI is InChI=1S/C24H34N4O4/c1-15(2)10-26-14-25-22-21(26)23(30)28(24(31)27(22)11-16(3)4)12-19(29)13-32-20-8-17(5)7-18(6)9-20/h7-9,14-16,19,29H,10-13H2,1-6H3. The van der Waals surface area contributed by atoms with E-state index < -0.39 is 17.4 Å². The molecular weight excluding hydrogens is 408 g/mol. The van der Waals surface area contributed by atoms with Crippen LogP contribution in [-0.4, -0.2) is 36.5 Å². The SMILES string of the molecule is Cc1cc(C)cc(OCC(O)Cn2c(=O)c3c(ncn3CC(C)C)n(CC(C)C)c2=O)c1. The fourth-order valence-electron chi connectivity index (χ4n) is 3.93. The number of imidazole rings is 1. The molecule has 1 aromatic carbocycles. The second-order valence-corrected chi connectivity index (χ2v) is 9.45. The van der Waals surface area contributed by atoms with Gasteiger partial charge in [-0.1, -0.05) is 33.8 Å². The van der Waals surface area contributed by atoms with Gasteiger partial charge in [-0.3, -0.25) is 13.9 Å². The molecule has 0 aliphatic heterocycles. The lowest BCUT2D eigenvalue weighted by molar-refractivity contribution is 0.0900. The molecule has 1 unspecified atom stereocenters. The maximum absolute atomic E-state index is 13.3. The van der Waals surface area contributed by atoms with Gasteiger partial charge in [-0.15, -0.1) is 0 Å².